The molecule has 2 atom stereocenters. The van der Waals surface area contributed by atoms with Crippen LogP contribution in [0.15, 0.2) is 12.1 Å². The lowest BCUT2D eigenvalue weighted by Gasteiger charge is -2.16. The summed E-state index contributed by atoms with van der Waals surface area (Å²) in [5, 5.41) is 9.67. The first-order valence-corrected chi connectivity index (χ1v) is 5.99. The van der Waals surface area contributed by atoms with Crippen molar-refractivity contribution in [2.45, 2.75) is 32.4 Å². The van der Waals surface area contributed by atoms with Gasteiger partial charge in [-0.1, -0.05) is 23.2 Å². The van der Waals surface area contributed by atoms with Crippen molar-refractivity contribution in [2.24, 2.45) is 5.73 Å². The molecule has 17 heavy (non-hydrogen) atoms. The molecule has 5 heteroatoms. The average Bonchev–Trinajstić information content (AvgIpc) is 2.21. The zero-order valence-electron chi connectivity index (χ0n) is 9.71. The van der Waals surface area contributed by atoms with Gasteiger partial charge in [-0.05, 0) is 38.0 Å². The van der Waals surface area contributed by atoms with Crippen molar-refractivity contribution in [2.75, 3.05) is 0 Å². The molecule has 0 saturated heterocycles. The molecule has 0 aliphatic heterocycles. The normalized spacial score (nSPS) is 13.9. The molecular weight excluding hydrogens is 259 g/mol. The van der Waals surface area contributed by atoms with Crippen LogP contribution in [0.2, 0.25) is 10.0 Å². The average molecular weight is 273 g/mol. The summed E-state index contributed by atoms with van der Waals surface area (Å²) in [6.45, 7) is 3.53. The fourth-order valence-corrected chi connectivity index (χ4v) is 2.03. The molecule has 0 spiro atoms. The number of hydrogen-bond donors (Lipinski definition) is 1. The monoisotopic (exact) mass is 272 g/mol. The topological polar surface area (TPSA) is 59.0 Å². The van der Waals surface area contributed by atoms with E-state index in [-0.39, 0.29) is 6.04 Å². The fourth-order valence-electron chi connectivity index (χ4n) is 1.45. The number of nitrogens with two attached hydrogens (primary N) is 1. The van der Waals surface area contributed by atoms with Crippen LogP contribution in [0.1, 0.15) is 19.4 Å². The number of benzene rings is 1. The Morgan fingerprint density at radius 2 is 2.06 bits per heavy atom. The molecule has 0 fully saturated rings. The Morgan fingerprint density at radius 3 is 2.59 bits per heavy atom. The first-order chi connectivity index (χ1) is 7.93. The highest BCUT2D eigenvalue weighted by Crippen LogP contribution is 2.33. The zero-order valence-corrected chi connectivity index (χ0v) is 11.2. The minimum Gasteiger partial charge on any atom is -0.474 e. The Labute approximate surface area is 111 Å². The standard InChI is InChI=1S/C12H14Cl2N2O/c1-7(16)3-9-4-10(13)5-11(14)12(9)17-8(2)6-15/h4-5,7-8H,3,16H2,1-2H3. The Morgan fingerprint density at radius 1 is 1.41 bits per heavy atom. The summed E-state index contributed by atoms with van der Waals surface area (Å²) in [5.41, 5.74) is 6.57. The molecule has 0 saturated carbocycles. The number of ether oxygens (including phenoxy) is 1. The Hall–Kier alpha value is -0.950. The summed E-state index contributed by atoms with van der Waals surface area (Å²) >= 11 is 12.0. The number of hydrogen-bond acceptors (Lipinski definition) is 3. The van der Waals surface area contributed by atoms with E-state index in [0.717, 1.165) is 5.56 Å². The highest BCUT2D eigenvalue weighted by molar-refractivity contribution is 6.35. The SMILES string of the molecule is CC(N)Cc1cc(Cl)cc(Cl)c1OC(C)C#N. The summed E-state index contributed by atoms with van der Waals surface area (Å²) < 4.78 is 5.47. The molecule has 0 aliphatic carbocycles. The van der Waals surface area contributed by atoms with E-state index < -0.39 is 6.10 Å². The molecule has 0 heterocycles. The van der Waals surface area contributed by atoms with Crippen LogP contribution in [0.3, 0.4) is 0 Å². The lowest BCUT2D eigenvalue weighted by molar-refractivity contribution is 0.273. The van der Waals surface area contributed by atoms with E-state index in [9.17, 15) is 0 Å². The van der Waals surface area contributed by atoms with E-state index in [1.807, 2.05) is 13.0 Å². The van der Waals surface area contributed by atoms with Gasteiger partial charge < -0.3 is 10.5 Å². The van der Waals surface area contributed by atoms with E-state index in [4.69, 9.17) is 38.9 Å². The number of nitrogens with zero attached hydrogens (tertiary/aromatic N) is 1. The van der Waals surface area contributed by atoms with E-state index in [1.165, 1.54) is 0 Å². The van der Waals surface area contributed by atoms with Gasteiger partial charge in [0.2, 0.25) is 0 Å². The molecule has 2 N–H and O–H groups in total. The third-order valence-corrected chi connectivity index (χ3v) is 2.60. The summed E-state index contributed by atoms with van der Waals surface area (Å²) in [5.74, 6) is 0.488. The van der Waals surface area contributed by atoms with Gasteiger partial charge in [-0.25, -0.2) is 0 Å². The van der Waals surface area contributed by atoms with Crippen LogP contribution in [0.4, 0.5) is 0 Å². The van der Waals surface area contributed by atoms with Gasteiger partial charge in [0, 0.05) is 11.1 Å². The smallest absolute Gasteiger partial charge is 0.181 e. The maximum Gasteiger partial charge on any atom is 0.181 e. The maximum absolute atomic E-state index is 8.75. The lowest BCUT2D eigenvalue weighted by atomic mass is 10.1. The molecule has 92 valence electrons. The predicted molar refractivity (Wildman–Crippen MR) is 69.5 cm³/mol. The summed E-state index contributed by atoms with van der Waals surface area (Å²) in [6.07, 6.45) is 0.0221. The molecule has 1 aromatic carbocycles. The van der Waals surface area contributed by atoms with Gasteiger partial charge in [-0.2, -0.15) is 5.26 Å². The van der Waals surface area contributed by atoms with Crippen LogP contribution in [-0.4, -0.2) is 12.1 Å². The summed E-state index contributed by atoms with van der Waals surface area (Å²) in [7, 11) is 0. The van der Waals surface area contributed by atoms with Gasteiger partial charge in [-0.15, -0.1) is 0 Å². The van der Waals surface area contributed by atoms with Gasteiger partial charge in [0.15, 0.2) is 6.10 Å². The van der Waals surface area contributed by atoms with Gasteiger partial charge in [-0.3, -0.25) is 0 Å². The number of halogens is 2. The van der Waals surface area contributed by atoms with Crippen LogP contribution in [0, 0.1) is 11.3 Å². The minimum absolute atomic E-state index is 0.0377. The highest BCUT2D eigenvalue weighted by atomic mass is 35.5. The van der Waals surface area contributed by atoms with Crippen LogP contribution >= 0.6 is 23.2 Å². The largest absolute Gasteiger partial charge is 0.474 e. The third kappa shape index (κ3) is 4.08. The zero-order chi connectivity index (χ0) is 13.0. The van der Waals surface area contributed by atoms with Crippen LogP contribution in [0.5, 0.6) is 5.75 Å². The van der Waals surface area contributed by atoms with E-state index >= 15 is 0 Å². The van der Waals surface area contributed by atoms with Gasteiger partial charge in [0.1, 0.15) is 11.8 Å². The molecule has 0 amide bonds. The van der Waals surface area contributed by atoms with Gasteiger partial charge in [0.25, 0.3) is 0 Å². The number of nitriles is 1. The second-order valence-electron chi connectivity index (χ2n) is 3.95. The molecule has 3 nitrogen and oxygen atoms in total. The predicted octanol–water partition coefficient (Wildman–Crippen LogP) is 3.17. The van der Waals surface area contributed by atoms with Crippen molar-refractivity contribution in [3.63, 3.8) is 0 Å². The van der Waals surface area contributed by atoms with Gasteiger partial charge >= 0.3 is 0 Å². The summed E-state index contributed by atoms with van der Waals surface area (Å²) in [6, 6.07) is 5.30. The molecular formula is C12H14Cl2N2O. The molecule has 0 radical (unpaired) electrons. The lowest BCUT2D eigenvalue weighted by Crippen LogP contribution is -2.19. The summed E-state index contributed by atoms with van der Waals surface area (Å²) in [4.78, 5) is 0. The second kappa shape index (κ2) is 6.11. The maximum atomic E-state index is 8.75. The Balaban J connectivity index is 3.12. The Kier molecular flexibility index (Phi) is 5.07. The van der Waals surface area contributed by atoms with E-state index in [2.05, 4.69) is 0 Å². The van der Waals surface area contributed by atoms with E-state index in [0.29, 0.717) is 22.2 Å². The quantitative estimate of drug-likeness (QED) is 0.916. The minimum atomic E-state index is -0.569. The fraction of sp³-hybridized carbons (Fsp3) is 0.417. The van der Waals surface area contributed by atoms with Crippen molar-refractivity contribution < 1.29 is 4.74 Å². The van der Waals surface area contributed by atoms with Crippen molar-refractivity contribution in [3.8, 4) is 11.8 Å². The van der Waals surface area contributed by atoms with Gasteiger partial charge in [0.05, 0.1) is 5.02 Å². The molecule has 0 bridgehead atoms. The van der Waals surface area contributed by atoms with E-state index in [1.54, 1.807) is 19.1 Å². The molecule has 0 aliphatic rings. The van der Waals surface area contributed by atoms with Crippen molar-refractivity contribution in [3.05, 3.63) is 27.7 Å². The van der Waals surface area contributed by atoms with Crippen LogP contribution in [-0.2, 0) is 6.42 Å². The highest BCUT2D eigenvalue weighted by Gasteiger charge is 2.14. The molecule has 0 aromatic heterocycles. The first kappa shape index (κ1) is 14.1. The second-order valence-corrected chi connectivity index (χ2v) is 4.79. The van der Waals surface area contributed by atoms with Crippen LogP contribution in [0.25, 0.3) is 0 Å². The molecule has 2 unspecified atom stereocenters. The molecule has 1 aromatic rings. The molecule has 1 rings (SSSR count). The van der Waals surface area contributed by atoms with Crippen molar-refractivity contribution in [1.29, 1.82) is 5.26 Å². The van der Waals surface area contributed by atoms with Crippen molar-refractivity contribution >= 4 is 23.2 Å². The van der Waals surface area contributed by atoms with Crippen LogP contribution < -0.4 is 10.5 Å². The van der Waals surface area contributed by atoms with Crippen molar-refractivity contribution in [1.82, 2.24) is 0 Å². The third-order valence-electron chi connectivity index (χ3n) is 2.10. The number of rotatable bonds is 4. The Bertz CT molecular complexity index is 441. The first-order valence-electron chi connectivity index (χ1n) is 5.23.